The molecule has 0 bridgehead atoms. The van der Waals surface area contributed by atoms with Crippen LogP contribution >= 0.6 is 0 Å². The predicted octanol–water partition coefficient (Wildman–Crippen LogP) is 0.259. The maximum absolute atomic E-state index is 11.8. The summed E-state index contributed by atoms with van der Waals surface area (Å²) in [5, 5.41) is 0. The molecule has 1 aliphatic rings. The number of hydrogen-bond acceptors (Lipinski definition) is 5. The summed E-state index contributed by atoms with van der Waals surface area (Å²) < 4.78 is 29.8. The molecule has 2 N–H and O–H groups in total. The number of carbonyl (C=O) groups excluding carboxylic acids is 2. The van der Waals surface area contributed by atoms with Crippen LogP contribution in [0.5, 0.6) is 0 Å². The molecular weight excluding hydrogens is 296 g/mol. The number of hydrogen-bond donors (Lipinski definition) is 1. The summed E-state index contributed by atoms with van der Waals surface area (Å²) in [6.45, 7) is 0.376. The van der Waals surface area contributed by atoms with Gasteiger partial charge in [0.25, 0.3) is 0 Å². The van der Waals surface area contributed by atoms with Crippen LogP contribution in [-0.4, -0.2) is 39.2 Å². The summed E-state index contributed by atoms with van der Waals surface area (Å²) in [6, 6.07) is 6.12. The van der Waals surface area contributed by atoms with E-state index in [1.807, 2.05) is 0 Å². The van der Waals surface area contributed by atoms with Crippen LogP contribution in [0.4, 0.5) is 5.69 Å². The Morgan fingerprint density at radius 3 is 2.43 bits per heavy atom. The maximum atomic E-state index is 11.8. The number of rotatable bonds is 5. The number of sulfonamides is 1. The third-order valence-electron chi connectivity index (χ3n) is 3.07. The van der Waals surface area contributed by atoms with Crippen molar-refractivity contribution in [2.24, 2.45) is 5.73 Å². The first-order valence-electron chi connectivity index (χ1n) is 6.46. The van der Waals surface area contributed by atoms with Gasteiger partial charge in [0.05, 0.1) is 23.4 Å². The molecular formula is C13H16N2O5S. The second kappa shape index (κ2) is 6.13. The zero-order valence-electron chi connectivity index (χ0n) is 11.3. The van der Waals surface area contributed by atoms with Crippen LogP contribution in [0.25, 0.3) is 0 Å². The van der Waals surface area contributed by atoms with Gasteiger partial charge < -0.3 is 10.5 Å². The Kier molecular flexibility index (Phi) is 4.46. The molecule has 1 aliphatic heterocycles. The summed E-state index contributed by atoms with van der Waals surface area (Å²) >= 11 is 0. The number of amides is 1. The first-order chi connectivity index (χ1) is 9.90. The number of carbonyl (C=O) groups is 2. The molecule has 1 aromatic rings. The van der Waals surface area contributed by atoms with Crippen molar-refractivity contribution < 1.29 is 22.7 Å². The molecule has 2 rings (SSSR count). The molecule has 1 aromatic carbocycles. The van der Waals surface area contributed by atoms with Gasteiger partial charge in [-0.25, -0.2) is 13.2 Å². The molecule has 8 heteroatoms. The predicted molar refractivity (Wildman–Crippen MR) is 76.3 cm³/mol. The molecule has 0 unspecified atom stereocenters. The monoisotopic (exact) mass is 312 g/mol. The lowest BCUT2D eigenvalue weighted by atomic mass is 10.2. The van der Waals surface area contributed by atoms with Gasteiger partial charge >= 0.3 is 5.97 Å². The molecule has 1 saturated heterocycles. The van der Waals surface area contributed by atoms with Crippen molar-refractivity contribution in [1.29, 1.82) is 0 Å². The van der Waals surface area contributed by atoms with Crippen LogP contribution in [0.2, 0.25) is 0 Å². The minimum absolute atomic E-state index is 0.0319. The first kappa shape index (κ1) is 15.3. The molecule has 0 radical (unpaired) electrons. The largest absolute Gasteiger partial charge is 0.462 e. The number of esters is 1. The Labute approximate surface area is 122 Å². The molecule has 21 heavy (non-hydrogen) atoms. The van der Waals surface area contributed by atoms with E-state index < -0.39 is 21.9 Å². The smallest absolute Gasteiger partial charge is 0.338 e. The fraction of sp³-hybridized carbons (Fsp3) is 0.385. The summed E-state index contributed by atoms with van der Waals surface area (Å²) in [4.78, 5) is 22.2. The summed E-state index contributed by atoms with van der Waals surface area (Å²) in [5.74, 6) is -0.978. The molecule has 1 heterocycles. The Bertz CT molecular complexity index is 639. The van der Waals surface area contributed by atoms with Gasteiger partial charge in [-0.05, 0) is 30.7 Å². The third kappa shape index (κ3) is 3.72. The van der Waals surface area contributed by atoms with Gasteiger partial charge in [-0.15, -0.1) is 0 Å². The highest BCUT2D eigenvalue weighted by molar-refractivity contribution is 7.93. The highest BCUT2D eigenvalue weighted by Gasteiger charge is 2.28. The van der Waals surface area contributed by atoms with Gasteiger partial charge in [0.15, 0.2) is 0 Å². The summed E-state index contributed by atoms with van der Waals surface area (Å²) in [7, 11) is -3.23. The van der Waals surface area contributed by atoms with Crippen molar-refractivity contribution in [3.63, 3.8) is 0 Å². The van der Waals surface area contributed by atoms with Crippen LogP contribution in [0.15, 0.2) is 24.3 Å². The molecule has 1 amide bonds. The van der Waals surface area contributed by atoms with E-state index in [1.54, 1.807) is 12.1 Å². The quantitative estimate of drug-likeness (QED) is 0.785. The molecule has 0 atom stereocenters. The van der Waals surface area contributed by atoms with Crippen LogP contribution in [0, 0.1) is 0 Å². The van der Waals surface area contributed by atoms with Crippen molar-refractivity contribution in [3.8, 4) is 0 Å². The SMILES string of the molecule is NC(=O)CCOC(=O)c1ccc(N2CCCS2(=O)=O)cc1. The van der Waals surface area contributed by atoms with Crippen molar-refractivity contribution in [3.05, 3.63) is 29.8 Å². The molecule has 0 spiro atoms. The normalized spacial score (nSPS) is 16.7. The Balaban J connectivity index is 2.02. The van der Waals surface area contributed by atoms with Crippen molar-refractivity contribution in [1.82, 2.24) is 0 Å². The zero-order chi connectivity index (χ0) is 15.5. The average molecular weight is 312 g/mol. The van der Waals surface area contributed by atoms with Gasteiger partial charge in [0.1, 0.15) is 6.61 Å². The van der Waals surface area contributed by atoms with E-state index in [4.69, 9.17) is 10.5 Å². The summed E-state index contributed by atoms with van der Waals surface area (Å²) in [5.41, 5.74) is 5.76. The molecule has 1 fully saturated rings. The second-order valence-corrected chi connectivity index (χ2v) is 6.65. The van der Waals surface area contributed by atoms with Crippen molar-refractivity contribution in [2.45, 2.75) is 12.8 Å². The average Bonchev–Trinajstić information content (AvgIpc) is 2.78. The number of benzene rings is 1. The minimum atomic E-state index is -3.23. The third-order valence-corrected chi connectivity index (χ3v) is 4.94. The molecule has 0 aromatic heterocycles. The second-order valence-electron chi connectivity index (χ2n) is 4.64. The molecule has 114 valence electrons. The Morgan fingerprint density at radius 2 is 1.90 bits per heavy atom. The number of primary amides is 1. The zero-order valence-corrected chi connectivity index (χ0v) is 12.1. The van der Waals surface area contributed by atoms with Crippen LogP contribution in [-0.2, 0) is 19.6 Å². The van der Waals surface area contributed by atoms with Crippen LogP contribution < -0.4 is 10.0 Å². The standard InChI is InChI=1S/C13H16N2O5S/c14-12(16)6-8-20-13(17)10-2-4-11(5-3-10)15-7-1-9-21(15,18)19/h2-5H,1,6-9H2,(H2,14,16). The summed E-state index contributed by atoms with van der Waals surface area (Å²) in [6.07, 6.45) is 0.565. The Morgan fingerprint density at radius 1 is 1.24 bits per heavy atom. The topological polar surface area (TPSA) is 107 Å². The molecule has 0 saturated carbocycles. The van der Waals surface area contributed by atoms with Gasteiger partial charge in [-0.2, -0.15) is 0 Å². The van der Waals surface area contributed by atoms with Gasteiger partial charge in [0.2, 0.25) is 15.9 Å². The van der Waals surface area contributed by atoms with E-state index in [0.29, 0.717) is 24.2 Å². The fourth-order valence-electron chi connectivity index (χ4n) is 2.02. The lowest BCUT2D eigenvalue weighted by Gasteiger charge is -2.16. The number of anilines is 1. The first-order valence-corrected chi connectivity index (χ1v) is 8.07. The lowest BCUT2D eigenvalue weighted by molar-refractivity contribution is -0.118. The number of nitrogens with zero attached hydrogens (tertiary/aromatic N) is 1. The minimum Gasteiger partial charge on any atom is -0.462 e. The van der Waals surface area contributed by atoms with E-state index in [1.165, 1.54) is 16.4 Å². The van der Waals surface area contributed by atoms with Gasteiger partial charge in [-0.1, -0.05) is 0 Å². The van der Waals surface area contributed by atoms with Crippen molar-refractivity contribution in [2.75, 3.05) is 23.2 Å². The fourth-order valence-corrected chi connectivity index (χ4v) is 3.59. The Hall–Kier alpha value is -2.09. The highest BCUT2D eigenvalue weighted by atomic mass is 32.2. The van der Waals surface area contributed by atoms with E-state index in [9.17, 15) is 18.0 Å². The number of ether oxygens (including phenoxy) is 1. The highest BCUT2D eigenvalue weighted by Crippen LogP contribution is 2.24. The van der Waals surface area contributed by atoms with E-state index >= 15 is 0 Å². The van der Waals surface area contributed by atoms with Crippen LogP contribution in [0.3, 0.4) is 0 Å². The van der Waals surface area contributed by atoms with E-state index in [-0.39, 0.29) is 18.8 Å². The van der Waals surface area contributed by atoms with Crippen LogP contribution in [0.1, 0.15) is 23.2 Å². The molecule has 7 nitrogen and oxygen atoms in total. The molecule has 0 aliphatic carbocycles. The maximum Gasteiger partial charge on any atom is 0.338 e. The van der Waals surface area contributed by atoms with E-state index in [0.717, 1.165) is 0 Å². The number of nitrogens with two attached hydrogens (primary N) is 1. The van der Waals surface area contributed by atoms with Gasteiger partial charge in [-0.3, -0.25) is 9.10 Å². The van der Waals surface area contributed by atoms with Crippen molar-refractivity contribution >= 4 is 27.6 Å². The van der Waals surface area contributed by atoms with E-state index in [2.05, 4.69) is 0 Å². The van der Waals surface area contributed by atoms with Gasteiger partial charge in [0, 0.05) is 6.54 Å². The lowest BCUT2D eigenvalue weighted by Crippen LogP contribution is -2.25.